The fraction of sp³-hybridized carbons (Fsp3) is 0.250. The van der Waals surface area contributed by atoms with Gasteiger partial charge in [0.15, 0.2) is 5.13 Å². The van der Waals surface area contributed by atoms with Crippen LogP contribution in [0.3, 0.4) is 0 Å². The molecule has 0 aliphatic heterocycles. The number of nitrogens with one attached hydrogen (secondary N) is 1. The van der Waals surface area contributed by atoms with Crippen LogP contribution in [-0.2, 0) is 17.9 Å². The van der Waals surface area contributed by atoms with E-state index in [9.17, 15) is 4.79 Å². The number of hydrogen-bond donors (Lipinski definition) is 2. The highest BCUT2D eigenvalue weighted by atomic mass is 32.1. The number of amides is 1. The zero-order valence-corrected chi connectivity index (χ0v) is 9.15. The van der Waals surface area contributed by atoms with Crippen molar-refractivity contribution in [1.82, 2.24) is 20.0 Å². The third-order valence-corrected chi connectivity index (χ3v) is 2.47. The van der Waals surface area contributed by atoms with Crippen molar-refractivity contribution >= 4 is 22.4 Å². The molecular weight excluding hydrogens is 228 g/mol. The summed E-state index contributed by atoms with van der Waals surface area (Å²) in [7, 11) is 0. The summed E-state index contributed by atoms with van der Waals surface area (Å²) >= 11 is 1.36. The first-order valence-corrected chi connectivity index (χ1v) is 5.44. The molecule has 0 spiro atoms. The second-order valence-electron chi connectivity index (χ2n) is 3.00. The Labute approximate surface area is 95.3 Å². The third-order valence-electron chi connectivity index (χ3n) is 1.78. The molecule has 3 N–H and O–H groups in total. The molecule has 2 aromatic heterocycles. The number of nitrogens with zero attached hydrogens (tertiary/aromatic N) is 4. The predicted molar refractivity (Wildman–Crippen MR) is 58.7 cm³/mol. The van der Waals surface area contributed by atoms with Gasteiger partial charge in [0, 0.05) is 18.1 Å². The van der Waals surface area contributed by atoms with E-state index in [1.165, 1.54) is 16.0 Å². The SMILES string of the molecule is NCc1cn(CC(=O)Nc2nccs2)nn1. The lowest BCUT2D eigenvalue weighted by molar-refractivity contribution is -0.116. The van der Waals surface area contributed by atoms with Gasteiger partial charge < -0.3 is 11.1 Å². The summed E-state index contributed by atoms with van der Waals surface area (Å²) in [6.45, 7) is 0.417. The minimum Gasteiger partial charge on any atom is -0.325 e. The highest BCUT2D eigenvalue weighted by molar-refractivity contribution is 7.13. The van der Waals surface area contributed by atoms with Crippen LogP contribution < -0.4 is 11.1 Å². The number of rotatable bonds is 4. The molecule has 0 aromatic carbocycles. The fourth-order valence-corrected chi connectivity index (χ4v) is 1.65. The van der Waals surface area contributed by atoms with Crippen molar-refractivity contribution in [2.24, 2.45) is 5.73 Å². The van der Waals surface area contributed by atoms with Gasteiger partial charge in [-0.2, -0.15) is 0 Å². The molecule has 2 aromatic rings. The summed E-state index contributed by atoms with van der Waals surface area (Å²) in [5, 5.41) is 12.6. The lowest BCUT2D eigenvalue weighted by Crippen LogP contribution is -2.19. The van der Waals surface area contributed by atoms with E-state index in [1.54, 1.807) is 17.8 Å². The number of carbonyl (C=O) groups excluding carboxylic acids is 1. The van der Waals surface area contributed by atoms with Gasteiger partial charge in [0.25, 0.3) is 0 Å². The van der Waals surface area contributed by atoms with Gasteiger partial charge in [-0.3, -0.25) is 4.79 Å². The zero-order valence-electron chi connectivity index (χ0n) is 8.33. The van der Waals surface area contributed by atoms with Crippen molar-refractivity contribution in [3.63, 3.8) is 0 Å². The Balaban J connectivity index is 1.92. The standard InChI is InChI=1S/C8H10N6OS/c9-3-6-4-14(13-12-6)5-7(15)11-8-10-1-2-16-8/h1-2,4H,3,5,9H2,(H,10,11,15). The zero-order chi connectivity index (χ0) is 11.4. The molecule has 0 aliphatic rings. The van der Waals surface area contributed by atoms with Crippen LogP contribution in [0.5, 0.6) is 0 Å². The number of carbonyl (C=O) groups is 1. The lowest BCUT2D eigenvalue weighted by Gasteiger charge is -2.00. The highest BCUT2D eigenvalue weighted by Gasteiger charge is 2.06. The molecule has 7 nitrogen and oxygen atoms in total. The second-order valence-corrected chi connectivity index (χ2v) is 3.89. The van der Waals surface area contributed by atoms with Gasteiger partial charge >= 0.3 is 0 Å². The number of nitrogens with two attached hydrogens (primary N) is 1. The van der Waals surface area contributed by atoms with E-state index >= 15 is 0 Å². The summed E-state index contributed by atoms with van der Waals surface area (Å²) in [5.74, 6) is -0.191. The molecule has 0 radical (unpaired) electrons. The van der Waals surface area contributed by atoms with Crippen LogP contribution >= 0.6 is 11.3 Å². The first-order chi connectivity index (χ1) is 7.78. The summed E-state index contributed by atoms with van der Waals surface area (Å²) in [4.78, 5) is 15.5. The maximum absolute atomic E-state index is 11.5. The van der Waals surface area contributed by atoms with Crippen LogP contribution in [0, 0.1) is 0 Å². The van der Waals surface area contributed by atoms with Crippen LogP contribution in [0.25, 0.3) is 0 Å². The van der Waals surface area contributed by atoms with E-state index < -0.39 is 0 Å². The van der Waals surface area contributed by atoms with Crippen molar-refractivity contribution in [2.75, 3.05) is 5.32 Å². The summed E-state index contributed by atoms with van der Waals surface area (Å²) in [5.41, 5.74) is 6.03. The molecule has 0 bridgehead atoms. The largest absolute Gasteiger partial charge is 0.325 e. The number of hydrogen-bond acceptors (Lipinski definition) is 6. The molecule has 0 unspecified atom stereocenters. The Morgan fingerprint density at radius 1 is 1.62 bits per heavy atom. The van der Waals surface area contributed by atoms with E-state index in [-0.39, 0.29) is 12.5 Å². The number of thiazole rings is 1. The third kappa shape index (κ3) is 2.61. The fourth-order valence-electron chi connectivity index (χ4n) is 1.10. The molecule has 16 heavy (non-hydrogen) atoms. The van der Waals surface area contributed by atoms with Crippen molar-refractivity contribution < 1.29 is 4.79 Å². The molecule has 0 atom stereocenters. The van der Waals surface area contributed by atoms with Crippen LogP contribution in [0.4, 0.5) is 5.13 Å². The molecule has 0 fully saturated rings. The Morgan fingerprint density at radius 2 is 2.50 bits per heavy atom. The van der Waals surface area contributed by atoms with Crippen LogP contribution in [0.1, 0.15) is 5.69 Å². The average molecular weight is 238 g/mol. The molecule has 1 amide bonds. The smallest absolute Gasteiger partial charge is 0.247 e. The van der Waals surface area contributed by atoms with Gasteiger partial charge in [-0.15, -0.1) is 16.4 Å². The van der Waals surface area contributed by atoms with Gasteiger partial charge in [-0.05, 0) is 0 Å². The number of anilines is 1. The summed E-state index contributed by atoms with van der Waals surface area (Å²) < 4.78 is 1.44. The lowest BCUT2D eigenvalue weighted by atomic mass is 10.5. The molecule has 84 valence electrons. The van der Waals surface area contributed by atoms with Gasteiger partial charge in [0.1, 0.15) is 6.54 Å². The van der Waals surface area contributed by atoms with Crippen LogP contribution in [0.15, 0.2) is 17.8 Å². The Hall–Kier alpha value is -1.80. The van der Waals surface area contributed by atoms with Gasteiger partial charge in [0.2, 0.25) is 5.91 Å². The minimum atomic E-state index is -0.191. The van der Waals surface area contributed by atoms with Crippen molar-refractivity contribution in [1.29, 1.82) is 0 Å². The molecule has 0 aliphatic carbocycles. The van der Waals surface area contributed by atoms with Gasteiger partial charge in [0.05, 0.1) is 11.9 Å². The first-order valence-electron chi connectivity index (χ1n) is 4.56. The van der Waals surface area contributed by atoms with E-state index in [4.69, 9.17) is 5.73 Å². The first kappa shape index (κ1) is 10.7. The Morgan fingerprint density at radius 3 is 3.12 bits per heavy atom. The van der Waals surface area contributed by atoms with Crippen molar-refractivity contribution in [3.8, 4) is 0 Å². The van der Waals surface area contributed by atoms with Crippen LogP contribution in [0.2, 0.25) is 0 Å². The minimum absolute atomic E-state index is 0.104. The van der Waals surface area contributed by atoms with Gasteiger partial charge in [-0.25, -0.2) is 9.67 Å². The molecule has 0 saturated heterocycles. The summed E-state index contributed by atoms with van der Waals surface area (Å²) in [6, 6.07) is 0. The molecule has 8 heteroatoms. The Kier molecular flexibility index (Phi) is 3.22. The van der Waals surface area contributed by atoms with E-state index in [0.29, 0.717) is 17.4 Å². The molecule has 2 rings (SSSR count). The monoisotopic (exact) mass is 238 g/mol. The van der Waals surface area contributed by atoms with Crippen molar-refractivity contribution in [3.05, 3.63) is 23.5 Å². The maximum Gasteiger partial charge on any atom is 0.247 e. The van der Waals surface area contributed by atoms with E-state index in [2.05, 4.69) is 20.6 Å². The van der Waals surface area contributed by atoms with Gasteiger partial charge in [-0.1, -0.05) is 5.21 Å². The normalized spacial score (nSPS) is 10.3. The second kappa shape index (κ2) is 4.81. The average Bonchev–Trinajstić information content (AvgIpc) is 2.89. The van der Waals surface area contributed by atoms with Crippen molar-refractivity contribution in [2.45, 2.75) is 13.1 Å². The summed E-state index contributed by atoms with van der Waals surface area (Å²) in [6.07, 6.45) is 3.27. The number of aromatic nitrogens is 4. The topological polar surface area (TPSA) is 98.7 Å². The molecule has 2 heterocycles. The quantitative estimate of drug-likeness (QED) is 0.770. The van der Waals surface area contributed by atoms with E-state index in [1.807, 2.05) is 0 Å². The highest BCUT2D eigenvalue weighted by Crippen LogP contribution is 2.09. The van der Waals surface area contributed by atoms with Crippen LogP contribution in [-0.4, -0.2) is 25.9 Å². The molecular formula is C8H10N6OS. The maximum atomic E-state index is 11.5. The molecule has 0 saturated carbocycles. The van der Waals surface area contributed by atoms with E-state index in [0.717, 1.165) is 0 Å². The predicted octanol–water partition coefficient (Wildman–Crippen LogP) is -0.168. The Bertz CT molecular complexity index is 465.